The minimum absolute atomic E-state index is 0.152. The van der Waals surface area contributed by atoms with Gasteiger partial charge >= 0.3 is 0 Å². The Hall–Kier alpha value is -0.570. The number of nitrogens with two attached hydrogens (primary N) is 1. The predicted octanol–water partition coefficient (Wildman–Crippen LogP) is 1.37. The number of hydrogen-bond donors (Lipinski definition) is 1. The number of likely N-dealkylation sites (tertiary alicyclic amines) is 1. The van der Waals surface area contributed by atoms with Crippen LogP contribution in [0.3, 0.4) is 0 Å². The van der Waals surface area contributed by atoms with Crippen molar-refractivity contribution < 1.29 is 4.79 Å². The SMILES string of the molecule is CCC[C@H](N)C(=O)N1CCC(C)CC1. The van der Waals surface area contributed by atoms with E-state index in [9.17, 15) is 4.79 Å². The molecular formula is C11H22N2O. The number of carbonyl (C=O) groups excluding carboxylic acids is 1. The number of carbonyl (C=O) groups is 1. The molecule has 1 rings (SSSR count). The lowest BCUT2D eigenvalue weighted by Crippen LogP contribution is -2.46. The molecule has 2 N–H and O–H groups in total. The summed E-state index contributed by atoms with van der Waals surface area (Å²) in [5, 5.41) is 0. The summed E-state index contributed by atoms with van der Waals surface area (Å²) in [6, 6.07) is -0.270. The second kappa shape index (κ2) is 5.35. The van der Waals surface area contributed by atoms with Gasteiger partial charge in [-0.05, 0) is 25.2 Å². The largest absolute Gasteiger partial charge is 0.341 e. The molecule has 14 heavy (non-hydrogen) atoms. The van der Waals surface area contributed by atoms with E-state index in [4.69, 9.17) is 5.73 Å². The molecule has 0 radical (unpaired) electrons. The fraction of sp³-hybridized carbons (Fsp3) is 0.909. The van der Waals surface area contributed by atoms with Crippen LogP contribution in [0.5, 0.6) is 0 Å². The maximum absolute atomic E-state index is 11.8. The number of nitrogens with zero attached hydrogens (tertiary/aromatic N) is 1. The molecule has 0 saturated carbocycles. The van der Waals surface area contributed by atoms with Crippen molar-refractivity contribution in [3.63, 3.8) is 0 Å². The van der Waals surface area contributed by atoms with Gasteiger partial charge in [-0.25, -0.2) is 0 Å². The first-order valence-electron chi connectivity index (χ1n) is 5.69. The van der Waals surface area contributed by atoms with Crippen LogP contribution in [0.15, 0.2) is 0 Å². The minimum Gasteiger partial charge on any atom is -0.341 e. The van der Waals surface area contributed by atoms with Crippen molar-refractivity contribution in [1.29, 1.82) is 0 Å². The van der Waals surface area contributed by atoms with Gasteiger partial charge in [0, 0.05) is 13.1 Å². The predicted molar refractivity (Wildman–Crippen MR) is 57.9 cm³/mol. The van der Waals surface area contributed by atoms with Gasteiger partial charge in [0.25, 0.3) is 0 Å². The Balaban J connectivity index is 2.37. The van der Waals surface area contributed by atoms with Gasteiger partial charge in [0.05, 0.1) is 6.04 Å². The van der Waals surface area contributed by atoms with Gasteiger partial charge in [-0.1, -0.05) is 20.3 Å². The third kappa shape index (κ3) is 2.98. The average Bonchev–Trinajstić information content (AvgIpc) is 2.18. The van der Waals surface area contributed by atoms with Crippen LogP contribution in [0.4, 0.5) is 0 Å². The Labute approximate surface area is 86.6 Å². The van der Waals surface area contributed by atoms with Gasteiger partial charge < -0.3 is 10.6 Å². The summed E-state index contributed by atoms with van der Waals surface area (Å²) in [7, 11) is 0. The maximum Gasteiger partial charge on any atom is 0.239 e. The van der Waals surface area contributed by atoms with E-state index >= 15 is 0 Å². The van der Waals surface area contributed by atoms with Gasteiger partial charge in [0.1, 0.15) is 0 Å². The third-order valence-corrected chi connectivity index (χ3v) is 3.01. The smallest absolute Gasteiger partial charge is 0.239 e. The van der Waals surface area contributed by atoms with Crippen LogP contribution in [0.2, 0.25) is 0 Å². The van der Waals surface area contributed by atoms with E-state index in [1.165, 1.54) is 0 Å². The van der Waals surface area contributed by atoms with Crippen LogP contribution >= 0.6 is 0 Å². The highest BCUT2D eigenvalue weighted by molar-refractivity contribution is 5.81. The first kappa shape index (κ1) is 11.5. The first-order valence-corrected chi connectivity index (χ1v) is 5.69. The zero-order valence-corrected chi connectivity index (χ0v) is 9.33. The van der Waals surface area contributed by atoms with E-state index in [1.807, 2.05) is 4.90 Å². The lowest BCUT2D eigenvalue weighted by molar-refractivity contribution is -0.134. The van der Waals surface area contributed by atoms with Crippen LogP contribution in [0, 0.1) is 5.92 Å². The summed E-state index contributed by atoms with van der Waals surface area (Å²) in [5.74, 6) is 0.917. The molecule has 0 aromatic heterocycles. The molecule has 0 aromatic rings. The monoisotopic (exact) mass is 198 g/mol. The van der Waals surface area contributed by atoms with Crippen molar-refractivity contribution in [1.82, 2.24) is 4.90 Å². The number of piperidine rings is 1. The molecule has 1 saturated heterocycles. The molecule has 3 nitrogen and oxygen atoms in total. The quantitative estimate of drug-likeness (QED) is 0.744. The molecule has 1 aliphatic heterocycles. The van der Waals surface area contributed by atoms with Crippen molar-refractivity contribution in [2.75, 3.05) is 13.1 Å². The first-order chi connectivity index (χ1) is 6.65. The summed E-state index contributed by atoms with van der Waals surface area (Å²) in [5.41, 5.74) is 5.80. The van der Waals surface area contributed by atoms with E-state index in [1.54, 1.807) is 0 Å². The average molecular weight is 198 g/mol. The zero-order chi connectivity index (χ0) is 10.6. The third-order valence-electron chi connectivity index (χ3n) is 3.01. The molecule has 0 aromatic carbocycles. The van der Waals surface area contributed by atoms with Crippen molar-refractivity contribution >= 4 is 5.91 Å². The van der Waals surface area contributed by atoms with Crippen molar-refractivity contribution in [3.8, 4) is 0 Å². The van der Waals surface area contributed by atoms with Crippen molar-refractivity contribution in [2.45, 2.75) is 45.6 Å². The molecule has 1 heterocycles. The van der Waals surface area contributed by atoms with Crippen LogP contribution < -0.4 is 5.73 Å². The molecule has 0 unspecified atom stereocenters. The second-order valence-corrected chi connectivity index (χ2v) is 4.40. The standard InChI is InChI=1S/C11H22N2O/c1-3-4-10(12)11(14)13-7-5-9(2)6-8-13/h9-10H,3-8,12H2,1-2H3/t10-/m0/s1. The van der Waals surface area contributed by atoms with Gasteiger partial charge in [-0.3, -0.25) is 4.79 Å². The Morgan fingerprint density at radius 3 is 2.57 bits per heavy atom. The molecule has 1 amide bonds. The van der Waals surface area contributed by atoms with E-state index < -0.39 is 0 Å². The highest BCUT2D eigenvalue weighted by Gasteiger charge is 2.23. The Morgan fingerprint density at radius 1 is 1.50 bits per heavy atom. The Morgan fingerprint density at radius 2 is 2.07 bits per heavy atom. The Bertz CT molecular complexity index is 186. The summed E-state index contributed by atoms with van der Waals surface area (Å²) in [4.78, 5) is 13.7. The molecule has 3 heteroatoms. The molecular weight excluding hydrogens is 176 g/mol. The topological polar surface area (TPSA) is 46.3 Å². The number of amides is 1. The zero-order valence-electron chi connectivity index (χ0n) is 9.33. The van der Waals surface area contributed by atoms with Crippen LogP contribution in [-0.4, -0.2) is 29.9 Å². The molecule has 0 bridgehead atoms. The van der Waals surface area contributed by atoms with Crippen LogP contribution in [0.1, 0.15) is 39.5 Å². The molecule has 0 spiro atoms. The highest BCUT2D eigenvalue weighted by Crippen LogP contribution is 2.16. The van der Waals surface area contributed by atoms with Crippen molar-refractivity contribution in [2.24, 2.45) is 11.7 Å². The summed E-state index contributed by atoms with van der Waals surface area (Å²) in [6.07, 6.45) is 4.05. The van der Waals surface area contributed by atoms with E-state index in [0.717, 1.165) is 44.7 Å². The van der Waals surface area contributed by atoms with Crippen LogP contribution in [-0.2, 0) is 4.79 Å². The minimum atomic E-state index is -0.270. The highest BCUT2D eigenvalue weighted by atomic mass is 16.2. The molecule has 1 aliphatic rings. The lowest BCUT2D eigenvalue weighted by Gasteiger charge is -2.32. The summed E-state index contributed by atoms with van der Waals surface area (Å²) >= 11 is 0. The fourth-order valence-electron chi connectivity index (χ4n) is 1.90. The Kier molecular flexibility index (Phi) is 4.39. The number of rotatable bonds is 3. The molecule has 1 atom stereocenters. The fourth-order valence-corrected chi connectivity index (χ4v) is 1.90. The van der Waals surface area contributed by atoms with E-state index in [2.05, 4.69) is 13.8 Å². The molecule has 0 aliphatic carbocycles. The summed E-state index contributed by atoms with van der Waals surface area (Å²) < 4.78 is 0. The van der Waals surface area contributed by atoms with Gasteiger partial charge in [-0.2, -0.15) is 0 Å². The normalized spacial score (nSPS) is 20.9. The van der Waals surface area contributed by atoms with Gasteiger partial charge in [-0.15, -0.1) is 0 Å². The van der Waals surface area contributed by atoms with Gasteiger partial charge in [0.15, 0.2) is 0 Å². The van der Waals surface area contributed by atoms with E-state index in [0.29, 0.717) is 0 Å². The molecule has 82 valence electrons. The van der Waals surface area contributed by atoms with Crippen LogP contribution in [0.25, 0.3) is 0 Å². The molecule has 1 fully saturated rings. The number of hydrogen-bond acceptors (Lipinski definition) is 2. The second-order valence-electron chi connectivity index (χ2n) is 4.40. The van der Waals surface area contributed by atoms with Gasteiger partial charge in [0.2, 0.25) is 5.91 Å². The van der Waals surface area contributed by atoms with E-state index in [-0.39, 0.29) is 11.9 Å². The maximum atomic E-state index is 11.8. The summed E-state index contributed by atoms with van der Waals surface area (Å²) in [6.45, 7) is 6.11. The van der Waals surface area contributed by atoms with Crippen molar-refractivity contribution in [3.05, 3.63) is 0 Å². The lowest BCUT2D eigenvalue weighted by atomic mass is 9.98.